The molecule has 3 saturated heterocycles. The molecule has 3 atom stereocenters. The number of fused-ring (bicyclic) bond motifs is 2. The van der Waals surface area contributed by atoms with Crippen LogP contribution < -0.4 is 5.32 Å². The van der Waals surface area contributed by atoms with E-state index in [-0.39, 0.29) is 30.1 Å². The van der Waals surface area contributed by atoms with Gasteiger partial charge in [0.15, 0.2) is 0 Å². The summed E-state index contributed by atoms with van der Waals surface area (Å²) in [7, 11) is 0. The number of nitrogens with zero attached hydrogens (tertiary/aromatic N) is 3. The van der Waals surface area contributed by atoms with Crippen LogP contribution in [0.1, 0.15) is 58.4 Å². The molecule has 1 N–H and O–H groups in total. The Bertz CT molecular complexity index is 887. The van der Waals surface area contributed by atoms with Gasteiger partial charge in [0.1, 0.15) is 18.2 Å². The summed E-state index contributed by atoms with van der Waals surface area (Å²) in [5, 5.41) is 4.59. The number of amides is 4. The van der Waals surface area contributed by atoms with Gasteiger partial charge in [-0.3, -0.25) is 9.63 Å². The van der Waals surface area contributed by atoms with E-state index in [1.165, 1.54) is 5.06 Å². The molecule has 34 heavy (non-hydrogen) atoms. The van der Waals surface area contributed by atoms with Gasteiger partial charge in [-0.1, -0.05) is 30.3 Å². The van der Waals surface area contributed by atoms with E-state index in [1.54, 1.807) is 9.80 Å². The van der Waals surface area contributed by atoms with Gasteiger partial charge in [0.05, 0.1) is 6.04 Å². The van der Waals surface area contributed by atoms with Gasteiger partial charge in [-0.2, -0.15) is 5.06 Å². The molecule has 3 aliphatic heterocycles. The Hall–Kier alpha value is -2.81. The van der Waals surface area contributed by atoms with Crippen LogP contribution in [0, 0.1) is 0 Å². The first-order chi connectivity index (χ1) is 16.2. The predicted octanol–water partition coefficient (Wildman–Crippen LogP) is 3.29. The smallest absolute Gasteiger partial charge is 0.410 e. The summed E-state index contributed by atoms with van der Waals surface area (Å²) in [5.41, 5.74) is 0.464. The number of likely N-dealkylation sites (tertiary alicyclic amines) is 1. The summed E-state index contributed by atoms with van der Waals surface area (Å²) in [5.74, 6) is -0.118. The summed E-state index contributed by atoms with van der Waals surface area (Å²) in [6.07, 6.45) is 3.29. The predicted molar refractivity (Wildman–Crippen MR) is 126 cm³/mol. The summed E-state index contributed by atoms with van der Waals surface area (Å²) < 4.78 is 5.49. The number of piperidine rings is 1. The van der Waals surface area contributed by atoms with E-state index < -0.39 is 11.6 Å². The van der Waals surface area contributed by atoms with Crippen LogP contribution in [0.25, 0.3) is 0 Å². The van der Waals surface area contributed by atoms with E-state index in [0.717, 1.165) is 24.8 Å². The summed E-state index contributed by atoms with van der Waals surface area (Å²) >= 11 is 0. The number of hydrogen-bond donors (Lipinski definition) is 1. The fourth-order valence-corrected chi connectivity index (χ4v) is 4.84. The molecule has 186 valence electrons. The van der Waals surface area contributed by atoms with Crippen LogP contribution in [0.5, 0.6) is 0 Å². The molecule has 9 nitrogen and oxygen atoms in total. The molecule has 0 aliphatic carbocycles. The number of urea groups is 1. The highest BCUT2D eigenvalue weighted by atomic mass is 16.7. The van der Waals surface area contributed by atoms with Gasteiger partial charge in [-0.05, 0) is 58.4 Å². The first kappa shape index (κ1) is 24.3. The molecule has 0 radical (unpaired) electrons. The molecule has 4 amide bonds. The molecule has 3 fully saturated rings. The Morgan fingerprint density at radius 1 is 1.06 bits per heavy atom. The molecule has 2 bridgehead atoms. The molecule has 9 heteroatoms. The average molecular weight is 473 g/mol. The molecular weight excluding hydrogens is 436 g/mol. The van der Waals surface area contributed by atoms with Crippen molar-refractivity contribution in [2.75, 3.05) is 19.6 Å². The minimum Gasteiger partial charge on any atom is -0.444 e. The Morgan fingerprint density at radius 2 is 1.82 bits per heavy atom. The van der Waals surface area contributed by atoms with Gasteiger partial charge in [-0.25, -0.2) is 9.59 Å². The first-order valence-corrected chi connectivity index (χ1v) is 12.3. The van der Waals surface area contributed by atoms with Crippen LogP contribution >= 0.6 is 0 Å². The molecule has 3 heterocycles. The number of rotatable bonds is 5. The normalized spacial score (nSPS) is 25.2. The average Bonchev–Trinajstić information content (AvgIpc) is 2.94. The van der Waals surface area contributed by atoms with Crippen LogP contribution in [0.3, 0.4) is 0 Å². The fourth-order valence-electron chi connectivity index (χ4n) is 4.84. The van der Waals surface area contributed by atoms with E-state index in [4.69, 9.17) is 9.57 Å². The van der Waals surface area contributed by atoms with Crippen molar-refractivity contribution in [3.8, 4) is 0 Å². The highest BCUT2D eigenvalue weighted by Crippen LogP contribution is 2.31. The Kier molecular flexibility index (Phi) is 7.30. The number of benzene rings is 1. The molecule has 4 rings (SSSR count). The lowest BCUT2D eigenvalue weighted by Gasteiger charge is -2.30. The van der Waals surface area contributed by atoms with Crippen molar-refractivity contribution in [3.05, 3.63) is 35.9 Å². The van der Waals surface area contributed by atoms with Crippen molar-refractivity contribution in [2.45, 2.75) is 83.2 Å². The molecule has 0 unspecified atom stereocenters. The first-order valence-electron chi connectivity index (χ1n) is 12.3. The van der Waals surface area contributed by atoms with E-state index >= 15 is 0 Å². The molecule has 1 aromatic rings. The molecule has 0 spiro atoms. The maximum absolute atomic E-state index is 13.1. The number of ether oxygens (including phenoxy) is 1. The monoisotopic (exact) mass is 472 g/mol. The lowest BCUT2D eigenvalue weighted by Crippen LogP contribution is -2.52. The zero-order valence-corrected chi connectivity index (χ0v) is 20.4. The Morgan fingerprint density at radius 3 is 2.56 bits per heavy atom. The minimum absolute atomic E-state index is 0.0270. The van der Waals surface area contributed by atoms with Crippen LogP contribution in [0.2, 0.25) is 0 Å². The summed E-state index contributed by atoms with van der Waals surface area (Å²) in [6, 6.07) is 8.95. The lowest BCUT2D eigenvalue weighted by atomic mass is 9.99. The summed E-state index contributed by atoms with van der Waals surface area (Å²) in [6.45, 7) is 7.55. The number of hydroxylamine groups is 2. The van der Waals surface area contributed by atoms with Gasteiger partial charge in [0.25, 0.3) is 0 Å². The second-order valence-corrected chi connectivity index (χ2v) is 10.4. The third-order valence-corrected chi connectivity index (χ3v) is 6.56. The minimum atomic E-state index is -0.531. The second-order valence-electron chi connectivity index (χ2n) is 10.4. The van der Waals surface area contributed by atoms with Crippen molar-refractivity contribution in [1.29, 1.82) is 0 Å². The van der Waals surface area contributed by atoms with E-state index in [2.05, 4.69) is 5.32 Å². The molecule has 0 aromatic heterocycles. The SMILES string of the molecule is CC(C)(C)OC(=O)N1CCC[C@@H](NC(=O)[C@@H]2CC[C@@H]3CN2C(=O)N3OCc2ccccc2)CC1. The third kappa shape index (κ3) is 5.81. The van der Waals surface area contributed by atoms with Crippen molar-refractivity contribution in [2.24, 2.45) is 0 Å². The second kappa shape index (κ2) is 10.2. The van der Waals surface area contributed by atoms with Crippen molar-refractivity contribution in [3.63, 3.8) is 0 Å². The third-order valence-electron chi connectivity index (χ3n) is 6.56. The van der Waals surface area contributed by atoms with Gasteiger partial charge < -0.3 is 19.9 Å². The number of carbonyl (C=O) groups excluding carboxylic acids is 3. The van der Waals surface area contributed by atoms with E-state index in [9.17, 15) is 14.4 Å². The van der Waals surface area contributed by atoms with Gasteiger partial charge in [0, 0.05) is 25.7 Å². The number of carbonyl (C=O) groups is 3. The fraction of sp³-hybridized carbons (Fsp3) is 0.640. The number of nitrogens with one attached hydrogen (secondary N) is 1. The topological polar surface area (TPSA) is 91.4 Å². The quantitative estimate of drug-likeness (QED) is 0.710. The molecule has 3 aliphatic rings. The highest BCUT2D eigenvalue weighted by Gasteiger charge is 2.48. The zero-order chi connectivity index (χ0) is 24.3. The van der Waals surface area contributed by atoms with Crippen molar-refractivity contribution >= 4 is 18.0 Å². The van der Waals surface area contributed by atoms with Gasteiger partial charge in [0.2, 0.25) is 5.91 Å². The molecular formula is C25H36N4O5. The maximum Gasteiger partial charge on any atom is 0.410 e. The molecule has 0 saturated carbocycles. The van der Waals surface area contributed by atoms with Crippen LogP contribution in [-0.4, -0.2) is 76.3 Å². The Balaban J connectivity index is 1.28. The van der Waals surface area contributed by atoms with Crippen molar-refractivity contribution in [1.82, 2.24) is 20.2 Å². The highest BCUT2D eigenvalue weighted by molar-refractivity contribution is 5.88. The molecule has 1 aromatic carbocycles. The van der Waals surface area contributed by atoms with Gasteiger partial charge in [-0.15, -0.1) is 0 Å². The summed E-state index contributed by atoms with van der Waals surface area (Å²) in [4.78, 5) is 47.7. The largest absolute Gasteiger partial charge is 0.444 e. The van der Waals surface area contributed by atoms with Gasteiger partial charge >= 0.3 is 12.1 Å². The zero-order valence-electron chi connectivity index (χ0n) is 20.4. The van der Waals surface area contributed by atoms with E-state index in [1.807, 2.05) is 51.1 Å². The standard InChI is InChI=1S/C25H36N4O5/c1-25(2,3)34-24(32)27-14-7-10-19(13-15-27)26-22(30)21-12-11-20-16-28(21)23(31)29(20)33-17-18-8-5-4-6-9-18/h4-6,8-9,19-21H,7,10-17H2,1-3H3,(H,26,30)/t19-,20-,21+/m1/s1. The lowest BCUT2D eigenvalue weighted by molar-refractivity contribution is -0.140. The van der Waals surface area contributed by atoms with Crippen molar-refractivity contribution < 1.29 is 24.0 Å². The van der Waals surface area contributed by atoms with Crippen LogP contribution in [0.15, 0.2) is 30.3 Å². The number of hydrogen-bond acceptors (Lipinski definition) is 5. The van der Waals surface area contributed by atoms with E-state index in [0.29, 0.717) is 39.1 Å². The van der Waals surface area contributed by atoms with Crippen LogP contribution in [-0.2, 0) is 21.0 Å². The Labute approximate surface area is 201 Å². The van der Waals surface area contributed by atoms with Crippen LogP contribution in [0.4, 0.5) is 9.59 Å². The maximum atomic E-state index is 13.1.